The van der Waals surface area contributed by atoms with E-state index in [4.69, 9.17) is 9.84 Å². The van der Waals surface area contributed by atoms with Gasteiger partial charge in [-0.05, 0) is 32.1 Å². The molecule has 1 aliphatic rings. The molecule has 1 aliphatic carbocycles. The monoisotopic (exact) mass is 255 g/mol. The molecule has 1 saturated carbocycles. The Hall–Kier alpha value is -0.940. The summed E-state index contributed by atoms with van der Waals surface area (Å²) in [6.45, 7) is 4.53. The van der Waals surface area contributed by atoms with E-state index < -0.39 is 5.97 Å². The fourth-order valence-corrected chi connectivity index (χ4v) is 3.02. The Labute approximate surface area is 105 Å². The molecule has 1 unspecified atom stereocenters. The van der Waals surface area contributed by atoms with Crippen molar-refractivity contribution < 1.29 is 14.6 Å². The van der Waals surface area contributed by atoms with Crippen molar-refractivity contribution in [2.75, 3.05) is 6.61 Å². The molecule has 1 aromatic rings. The first-order valence-electron chi connectivity index (χ1n) is 6.01. The number of aromatic carboxylic acids is 1. The maximum Gasteiger partial charge on any atom is 0.347 e. The van der Waals surface area contributed by atoms with Crippen LogP contribution in [-0.4, -0.2) is 22.7 Å². The van der Waals surface area contributed by atoms with E-state index in [0.717, 1.165) is 17.8 Å². The zero-order valence-electron chi connectivity index (χ0n) is 10.1. The first kappa shape index (κ1) is 12.5. The summed E-state index contributed by atoms with van der Waals surface area (Å²) < 4.78 is 5.70. The summed E-state index contributed by atoms with van der Waals surface area (Å²) in [5.41, 5.74) is 0.683. The molecule has 0 aliphatic heterocycles. The SMILES string of the molecule is CCOC(c1nc(CC)c(C(=O)O)s1)C1CC1. The average molecular weight is 255 g/mol. The minimum absolute atomic E-state index is 0.00315. The maximum atomic E-state index is 11.1. The lowest BCUT2D eigenvalue weighted by molar-refractivity contribution is 0.0461. The van der Waals surface area contributed by atoms with Crippen molar-refractivity contribution in [2.45, 2.75) is 39.2 Å². The van der Waals surface area contributed by atoms with Gasteiger partial charge in [-0.15, -0.1) is 11.3 Å². The number of thiazole rings is 1. The lowest BCUT2D eigenvalue weighted by Gasteiger charge is -2.12. The Bertz CT molecular complexity index is 412. The number of ether oxygens (including phenoxy) is 1. The van der Waals surface area contributed by atoms with E-state index in [1.807, 2.05) is 13.8 Å². The molecule has 1 fully saturated rings. The minimum atomic E-state index is -0.878. The van der Waals surface area contributed by atoms with Gasteiger partial charge < -0.3 is 9.84 Å². The Morgan fingerprint density at radius 3 is 2.71 bits per heavy atom. The highest BCUT2D eigenvalue weighted by Gasteiger charge is 2.35. The summed E-state index contributed by atoms with van der Waals surface area (Å²) in [6.07, 6.45) is 2.98. The molecule has 94 valence electrons. The van der Waals surface area contributed by atoms with Gasteiger partial charge in [-0.1, -0.05) is 6.92 Å². The molecule has 0 radical (unpaired) electrons. The predicted octanol–water partition coefficient (Wildman–Crippen LogP) is 2.89. The zero-order valence-corrected chi connectivity index (χ0v) is 10.9. The van der Waals surface area contributed by atoms with Crippen molar-refractivity contribution in [3.8, 4) is 0 Å². The van der Waals surface area contributed by atoms with Crippen LogP contribution in [0.2, 0.25) is 0 Å². The van der Waals surface area contributed by atoms with Crippen LogP contribution < -0.4 is 0 Å². The highest BCUT2D eigenvalue weighted by molar-refractivity contribution is 7.13. The quantitative estimate of drug-likeness (QED) is 0.849. The number of carbonyl (C=O) groups is 1. The van der Waals surface area contributed by atoms with E-state index in [1.165, 1.54) is 11.3 Å². The van der Waals surface area contributed by atoms with Crippen LogP contribution in [0.4, 0.5) is 0 Å². The number of carboxylic acid groups (broad SMARTS) is 1. The lowest BCUT2D eigenvalue weighted by Crippen LogP contribution is -2.06. The lowest BCUT2D eigenvalue weighted by atomic mass is 10.2. The molecule has 1 atom stereocenters. The third-order valence-corrected chi connectivity index (χ3v) is 4.03. The molecule has 0 spiro atoms. The van der Waals surface area contributed by atoms with Gasteiger partial charge in [-0.2, -0.15) is 0 Å². The number of nitrogens with zero attached hydrogens (tertiary/aromatic N) is 1. The summed E-state index contributed by atoms with van der Waals surface area (Å²) >= 11 is 1.27. The molecule has 1 heterocycles. The predicted molar refractivity (Wildman–Crippen MR) is 65.5 cm³/mol. The van der Waals surface area contributed by atoms with Crippen LogP contribution in [0.3, 0.4) is 0 Å². The van der Waals surface area contributed by atoms with E-state index in [9.17, 15) is 4.79 Å². The molecule has 2 rings (SSSR count). The third-order valence-electron chi connectivity index (χ3n) is 2.88. The van der Waals surface area contributed by atoms with Gasteiger partial charge in [0.25, 0.3) is 0 Å². The Balaban J connectivity index is 2.27. The van der Waals surface area contributed by atoms with Crippen molar-refractivity contribution in [1.82, 2.24) is 4.98 Å². The molecule has 17 heavy (non-hydrogen) atoms. The Kier molecular flexibility index (Phi) is 3.79. The molecule has 0 bridgehead atoms. The molecular weight excluding hydrogens is 238 g/mol. The number of hydrogen-bond acceptors (Lipinski definition) is 4. The Morgan fingerprint density at radius 1 is 1.59 bits per heavy atom. The van der Waals surface area contributed by atoms with E-state index >= 15 is 0 Å². The fraction of sp³-hybridized carbons (Fsp3) is 0.667. The van der Waals surface area contributed by atoms with Crippen LogP contribution in [0.5, 0.6) is 0 Å². The van der Waals surface area contributed by atoms with Gasteiger partial charge in [0.15, 0.2) is 0 Å². The Morgan fingerprint density at radius 2 is 2.29 bits per heavy atom. The van der Waals surface area contributed by atoms with Gasteiger partial charge in [0, 0.05) is 6.61 Å². The second kappa shape index (κ2) is 5.14. The van der Waals surface area contributed by atoms with Crippen LogP contribution in [0.1, 0.15) is 53.2 Å². The van der Waals surface area contributed by atoms with Crippen LogP contribution in [0.25, 0.3) is 0 Å². The van der Waals surface area contributed by atoms with Gasteiger partial charge >= 0.3 is 5.97 Å². The first-order chi connectivity index (χ1) is 8.17. The van der Waals surface area contributed by atoms with Crippen LogP contribution in [-0.2, 0) is 11.2 Å². The number of hydrogen-bond donors (Lipinski definition) is 1. The van der Waals surface area contributed by atoms with Crippen molar-refractivity contribution in [1.29, 1.82) is 0 Å². The smallest absolute Gasteiger partial charge is 0.347 e. The van der Waals surface area contributed by atoms with E-state index in [0.29, 0.717) is 29.5 Å². The van der Waals surface area contributed by atoms with Crippen molar-refractivity contribution in [3.63, 3.8) is 0 Å². The van der Waals surface area contributed by atoms with Gasteiger partial charge in [-0.3, -0.25) is 0 Å². The highest BCUT2D eigenvalue weighted by atomic mass is 32.1. The maximum absolute atomic E-state index is 11.1. The van der Waals surface area contributed by atoms with Crippen molar-refractivity contribution in [2.24, 2.45) is 5.92 Å². The normalized spacial score (nSPS) is 17.1. The van der Waals surface area contributed by atoms with E-state index in [1.54, 1.807) is 0 Å². The minimum Gasteiger partial charge on any atom is -0.477 e. The molecule has 5 heteroatoms. The molecule has 4 nitrogen and oxygen atoms in total. The molecule has 0 saturated heterocycles. The summed E-state index contributed by atoms with van der Waals surface area (Å²) in [4.78, 5) is 15.9. The third kappa shape index (κ3) is 2.66. The van der Waals surface area contributed by atoms with Gasteiger partial charge in [-0.25, -0.2) is 9.78 Å². The number of rotatable bonds is 6. The molecule has 1 N–H and O–H groups in total. The summed E-state index contributed by atoms with van der Waals surface area (Å²) in [5.74, 6) is -0.343. The van der Waals surface area contributed by atoms with Crippen molar-refractivity contribution in [3.05, 3.63) is 15.6 Å². The van der Waals surface area contributed by atoms with Crippen LogP contribution >= 0.6 is 11.3 Å². The topological polar surface area (TPSA) is 59.4 Å². The standard InChI is InChI=1S/C12H17NO3S/c1-3-8-10(12(14)15)17-11(13-8)9(16-4-2)7-5-6-7/h7,9H,3-6H2,1-2H3,(H,14,15). The number of aromatic nitrogens is 1. The molecule has 1 aromatic heterocycles. The summed E-state index contributed by atoms with van der Waals surface area (Å²) in [6, 6.07) is 0. The highest BCUT2D eigenvalue weighted by Crippen LogP contribution is 2.44. The van der Waals surface area contributed by atoms with Crippen LogP contribution in [0, 0.1) is 5.92 Å². The van der Waals surface area contributed by atoms with E-state index in [-0.39, 0.29) is 6.10 Å². The molecule has 0 aromatic carbocycles. The van der Waals surface area contributed by atoms with E-state index in [2.05, 4.69) is 4.98 Å². The second-order valence-electron chi connectivity index (χ2n) is 4.20. The summed E-state index contributed by atoms with van der Waals surface area (Å²) in [5, 5.41) is 9.94. The molecular formula is C12H17NO3S. The largest absolute Gasteiger partial charge is 0.477 e. The summed E-state index contributed by atoms with van der Waals surface area (Å²) in [7, 11) is 0. The first-order valence-corrected chi connectivity index (χ1v) is 6.83. The van der Waals surface area contributed by atoms with Gasteiger partial charge in [0.2, 0.25) is 0 Å². The molecule has 0 amide bonds. The zero-order chi connectivity index (χ0) is 12.4. The number of carboxylic acids is 1. The fourth-order valence-electron chi connectivity index (χ4n) is 1.89. The van der Waals surface area contributed by atoms with Gasteiger partial charge in [0.1, 0.15) is 16.0 Å². The number of aryl methyl sites for hydroxylation is 1. The van der Waals surface area contributed by atoms with Crippen LogP contribution in [0.15, 0.2) is 0 Å². The van der Waals surface area contributed by atoms with Crippen molar-refractivity contribution >= 4 is 17.3 Å². The second-order valence-corrected chi connectivity index (χ2v) is 5.23. The van der Waals surface area contributed by atoms with Gasteiger partial charge in [0.05, 0.1) is 5.69 Å². The average Bonchev–Trinajstić information content (AvgIpc) is 3.04.